The topological polar surface area (TPSA) is 134 Å². The number of amides is 2. The molecule has 0 aromatic heterocycles. The fraction of sp³-hybridized carbons (Fsp3) is 0.412. The maximum atomic E-state index is 13.6. The second kappa shape index (κ2) is 15.4. The Kier molecular flexibility index (Phi) is 11.1. The lowest BCUT2D eigenvalue weighted by molar-refractivity contribution is -0.120. The van der Waals surface area contributed by atoms with E-state index in [-0.39, 0.29) is 34.0 Å². The van der Waals surface area contributed by atoms with Crippen molar-refractivity contribution in [1.82, 2.24) is 15.1 Å². The average Bonchev–Trinajstić information content (AvgIpc) is 3.05. The molecule has 2 fully saturated rings. The largest absolute Gasteiger partial charge is 0.455 e. The molecule has 2 aliphatic heterocycles. The summed E-state index contributed by atoms with van der Waals surface area (Å²) in [5, 5.41) is 2.92. The van der Waals surface area contributed by atoms with Crippen molar-refractivity contribution in [3.63, 3.8) is 0 Å². The van der Waals surface area contributed by atoms with Crippen molar-refractivity contribution in [3.8, 4) is 11.5 Å². The van der Waals surface area contributed by atoms with Crippen LogP contribution >= 0.6 is 0 Å². The van der Waals surface area contributed by atoms with E-state index in [1.165, 1.54) is 63.4 Å². The van der Waals surface area contributed by atoms with Gasteiger partial charge in [-0.1, -0.05) is 36.8 Å². The molecule has 240 valence electrons. The van der Waals surface area contributed by atoms with E-state index >= 15 is 0 Å². The number of nitrogens with zero attached hydrogens (tertiary/aromatic N) is 2. The maximum Gasteiger partial charge on any atom is 0.262 e. The zero-order valence-corrected chi connectivity index (χ0v) is 26.4. The minimum absolute atomic E-state index is 0.117. The molecule has 0 bridgehead atoms. The Hall–Kier alpha value is -3.93. The van der Waals surface area contributed by atoms with Gasteiger partial charge >= 0.3 is 0 Å². The van der Waals surface area contributed by atoms with Crippen LogP contribution in [0.15, 0.2) is 77.7 Å². The lowest BCUT2D eigenvalue weighted by Crippen LogP contribution is -2.47. The van der Waals surface area contributed by atoms with Crippen LogP contribution in [0.3, 0.4) is 0 Å². The van der Waals surface area contributed by atoms with Crippen molar-refractivity contribution in [3.05, 3.63) is 83.9 Å². The van der Waals surface area contributed by atoms with Crippen LogP contribution in [-0.2, 0) is 21.2 Å². The first-order valence-corrected chi connectivity index (χ1v) is 17.3. The summed E-state index contributed by atoms with van der Waals surface area (Å²) >= 11 is 0. The summed E-state index contributed by atoms with van der Waals surface area (Å²) in [5.41, 5.74) is 6.01. The summed E-state index contributed by atoms with van der Waals surface area (Å²) in [6.45, 7) is 5.98. The first kappa shape index (κ1) is 32.5. The number of nitrogens with one attached hydrogen (secondary N) is 2. The summed E-state index contributed by atoms with van der Waals surface area (Å²) in [6, 6.07) is 20.4. The predicted octanol–water partition coefficient (Wildman–Crippen LogP) is 4.38. The van der Waals surface area contributed by atoms with Gasteiger partial charge in [-0.05, 0) is 113 Å². The van der Waals surface area contributed by atoms with E-state index < -0.39 is 15.9 Å². The Morgan fingerprint density at radius 1 is 0.889 bits per heavy atom. The van der Waals surface area contributed by atoms with Crippen LogP contribution < -0.4 is 20.5 Å². The third-order valence-corrected chi connectivity index (χ3v) is 9.99. The van der Waals surface area contributed by atoms with Crippen LogP contribution in [0.25, 0.3) is 0 Å². The molecular formula is C34H43N5O5S. The van der Waals surface area contributed by atoms with Gasteiger partial charge in [-0.2, -0.15) is 0 Å². The first-order chi connectivity index (χ1) is 21.8. The van der Waals surface area contributed by atoms with Gasteiger partial charge in [-0.25, -0.2) is 8.42 Å². The highest BCUT2D eigenvalue weighted by Crippen LogP contribution is 2.32. The van der Waals surface area contributed by atoms with E-state index in [9.17, 15) is 18.0 Å². The van der Waals surface area contributed by atoms with Gasteiger partial charge in [0.2, 0.25) is 11.8 Å². The highest BCUT2D eigenvalue weighted by atomic mass is 32.2. The Morgan fingerprint density at radius 3 is 2.33 bits per heavy atom. The lowest BCUT2D eigenvalue weighted by Gasteiger charge is -2.40. The van der Waals surface area contributed by atoms with Gasteiger partial charge in [0.05, 0.1) is 17.0 Å². The third kappa shape index (κ3) is 9.06. The number of rotatable bonds is 13. The molecule has 0 saturated carbocycles. The second-order valence-electron chi connectivity index (χ2n) is 11.8. The smallest absolute Gasteiger partial charge is 0.262 e. The first-order valence-electron chi connectivity index (χ1n) is 15.8. The normalized spacial score (nSPS) is 16.6. The van der Waals surface area contributed by atoms with Crippen LogP contribution in [0, 0.1) is 0 Å². The maximum absolute atomic E-state index is 13.6. The Labute approximate surface area is 266 Å². The highest BCUT2D eigenvalue weighted by Gasteiger charge is 2.26. The van der Waals surface area contributed by atoms with Gasteiger partial charge in [-0.15, -0.1) is 0 Å². The summed E-state index contributed by atoms with van der Waals surface area (Å²) in [6.07, 6.45) is 6.94. The van der Waals surface area contributed by atoms with E-state index in [4.69, 9.17) is 10.5 Å². The summed E-state index contributed by atoms with van der Waals surface area (Å²) in [7, 11) is -4.17. The highest BCUT2D eigenvalue weighted by molar-refractivity contribution is 7.92. The van der Waals surface area contributed by atoms with Crippen LogP contribution in [0.2, 0.25) is 0 Å². The monoisotopic (exact) mass is 633 g/mol. The fourth-order valence-corrected chi connectivity index (χ4v) is 7.44. The molecule has 10 nitrogen and oxygen atoms in total. The molecule has 2 aliphatic rings. The van der Waals surface area contributed by atoms with Crippen LogP contribution in [0.1, 0.15) is 54.4 Å². The van der Waals surface area contributed by atoms with Gasteiger partial charge < -0.3 is 25.6 Å². The molecule has 3 aromatic carbocycles. The number of para-hydroxylation sites is 3. The zero-order valence-electron chi connectivity index (χ0n) is 25.6. The molecular weight excluding hydrogens is 590 g/mol. The minimum Gasteiger partial charge on any atom is -0.455 e. The van der Waals surface area contributed by atoms with E-state index in [0.717, 1.165) is 26.1 Å². The summed E-state index contributed by atoms with van der Waals surface area (Å²) in [5.74, 6) is -0.172. The molecule has 11 heteroatoms. The van der Waals surface area contributed by atoms with Gasteiger partial charge in [0.1, 0.15) is 5.75 Å². The molecule has 0 spiro atoms. The molecule has 2 saturated heterocycles. The van der Waals surface area contributed by atoms with Crippen molar-refractivity contribution >= 4 is 27.5 Å². The van der Waals surface area contributed by atoms with Gasteiger partial charge in [-0.3, -0.25) is 14.3 Å². The number of benzene rings is 3. The van der Waals surface area contributed by atoms with Crippen molar-refractivity contribution < 1.29 is 22.7 Å². The number of carbonyl (C=O) groups is 2. The van der Waals surface area contributed by atoms with E-state index in [1.54, 1.807) is 36.4 Å². The third-order valence-electron chi connectivity index (χ3n) is 8.53. The van der Waals surface area contributed by atoms with Gasteiger partial charge in [0, 0.05) is 18.2 Å². The Bertz CT molecular complexity index is 1550. The minimum atomic E-state index is -4.17. The van der Waals surface area contributed by atoms with Crippen molar-refractivity contribution in [2.24, 2.45) is 5.73 Å². The van der Waals surface area contributed by atoms with Gasteiger partial charge in [0.25, 0.3) is 10.0 Å². The number of sulfonamides is 1. The number of hydrogen-bond acceptors (Lipinski definition) is 7. The molecule has 3 aromatic rings. The summed E-state index contributed by atoms with van der Waals surface area (Å²) < 4.78 is 35.8. The number of ether oxygens (including phenoxy) is 1. The molecule has 2 heterocycles. The number of piperidine rings is 2. The van der Waals surface area contributed by atoms with Crippen molar-refractivity contribution in [1.29, 1.82) is 0 Å². The van der Waals surface area contributed by atoms with E-state index in [2.05, 4.69) is 19.8 Å². The van der Waals surface area contributed by atoms with Crippen molar-refractivity contribution in [2.45, 2.75) is 55.9 Å². The van der Waals surface area contributed by atoms with Crippen LogP contribution in [0.4, 0.5) is 5.69 Å². The van der Waals surface area contributed by atoms with Crippen molar-refractivity contribution in [2.75, 3.05) is 44.0 Å². The lowest BCUT2D eigenvalue weighted by atomic mass is 10.00. The number of likely N-dealkylation sites (tertiary alicyclic amines) is 2. The summed E-state index contributed by atoms with van der Waals surface area (Å²) in [4.78, 5) is 29.9. The van der Waals surface area contributed by atoms with E-state index in [0.29, 0.717) is 24.1 Å². The molecule has 0 atom stereocenters. The standard InChI is InChI=1S/C34H43N5O5S/c35-34(41)26-14-15-32(45(42,43)37-30-12-5-6-13-31(30)44-29-10-3-1-4-11-29)27(24-26)25-33(40)36-18-9-19-38-22-16-28(17-23-38)39-20-7-2-8-21-39/h1,3-6,10-15,24,28,37H,2,7-9,16-23,25H2,(H2,35,41)(H,36,40). The quantitative estimate of drug-likeness (QED) is 0.238. The van der Waals surface area contributed by atoms with E-state index in [1.807, 2.05) is 18.2 Å². The Morgan fingerprint density at radius 2 is 1.60 bits per heavy atom. The Balaban J connectivity index is 1.18. The predicted molar refractivity (Wildman–Crippen MR) is 175 cm³/mol. The average molecular weight is 634 g/mol. The molecule has 5 rings (SSSR count). The molecule has 45 heavy (non-hydrogen) atoms. The SMILES string of the molecule is NC(=O)c1ccc(S(=O)(=O)Nc2ccccc2Oc2ccccc2)c(CC(=O)NCCCN2CCC(N3CCCCC3)CC2)c1. The van der Waals surface area contributed by atoms with Crippen LogP contribution in [-0.4, -0.2) is 75.3 Å². The second-order valence-corrected chi connectivity index (χ2v) is 13.4. The molecule has 0 unspecified atom stereocenters. The van der Waals surface area contributed by atoms with Gasteiger partial charge in [0.15, 0.2) is 5.75 Å². The molecule has 2 amide bonds. The number of anilines is 1. The molecule has 4 N–H and O–H groups in total. The number of nitrogens with two attached hydrogens (primary N) is 1. The molecule has 0 aliphatic carbocycles. The molecule has 0 radical (unpaired) electrons. The number of primary amides is 1. The number of hydrogen-bond donors (Lipinski definition) is 3. The fourth-order valence-electron chi connectivity index (χ4n) is 6.15. The van der Waals surface area contributed by atoms with Crippen LogP contribution in [0.5, 0.6) is 11.5 Å². The number of carbonyl (C=O) groups excluding carboxylic acids is 2. The zero-order chi connectivity index (χ0) is 31.6.